The van der Waals surface area contributed by atoms with Gasteiger partial charge in [-0.05, 0) is 0 Å². The predicted molar refractivity (Wildman–Crippen MR) is 80.7 cm³/mol. The molecule has 0 atom stereocenters. The van der Waals surface area contributed by atoms with Gasteiger partial charge >= 0.3 is 117 Å². The molecular formula is C13H30Ge2O2. The summed E-state index contributed by atoms with van der Waals surface area (Å²) in [5, 5.41) is 7.76. The Balaban J connectivity index is 0. The third kappa shape index (κ3) is 12.8. The van der Waals surface area contributed by atoms with Crippen LogP contribution in [0.5, 0.6) is 0 Å². The Labute approximate surface area is 117 Å². The molecular weight excluding hydrogens is 333 g/mol. The topological polar surface area (TPSA) is 26.3 Å². The zero-order valence-corrected chi connectivity index (χ0v) is 16.8. The molecule has 0 unspecified atom stereocenters. The Morgan fingerprint density at radius 3 is 1.35 bits per heavy atom. The second-order valence-corrected chi connectivity index (χ2v) is 18.5. The molecule has 0 aromatic rings. The summed E-state index contributed by atoms with van der Waals surface area (Å²) in [6.07, 6.45) is 0. The van der Waals surface area contributed by atoms with Crippen molar-refractivity contribution in [1.29, 1.82) is 0 Å². The third-order valence-electron chi connectivity index (χ3n) is 3.12. The molecule has 0 spiro atoms. The van der Waals surface area contributed by atoms with Crippen molar-refractivity contribution in [2.45, 2.75) is 66.1 Å². The summed E-state index contributed by atoms with van der Waals surface area (Å²) >= 11 is -1.39. The molecule has 0 amide bonds. The minimum atomic E-state index is -0.992. The molecule has 2 radical (unpaired) electrons. The minimum absolute atomic E-state index is 0.0151. The zero-order valence-electron chi connectivity index (χ0n) is 12.6. The average molecular weight is 364 g/mol. The quantitative estimate of drug-likeness (QED) is 0.500. The number of carbonyl (C=O) groups excluding carboxylic acids is 1. The van der Waals surface area contributed by atoms with E-state index in [0.29, 0.717) is 0 Å². The molecule has 0 aliphatic carbocycles. The summed E-state index contributed by atoms with van der Waals surface area (Å²) in [5.74, 6) is -0.0151. The van der Waals surface area contributed by atoms with Gasteiger partial charge in [-0.1, -0.05) is 0 Å². The van der Waals surface area contributed by atoms with Gasteiger partial charge in [0.05, 0.1) is 0 Å². The van der Waals surface area contributed by atoms with Gasteiger partial charge in [-0.3, -0.25) is 0 Å². The van der Waals surface area contributed by atoms with Crippen LogP contribution in [0.15, 0.2) is 0 Å². The van der Waals surface area contributed by atoms with E-state index in [-0.39, 0.29) is 5.97 Å². The van der Waals surface area contributed by atoms with Gasteiger partial charge in [0.1, 0.15) is 0 Å². The van der Waals surface area contributed by atoms with E-state index in [1.165, 1.54) is 33.4 Å². The van der Waals surface area contributed by atoms with Crippen LogP contribution in [0.4, 0.5) is 0 Å². The molecule has 0 N–H and O–H groups in total. The van der Waals surface area contributed by atoms with Gasteiger partial charge in [-0.25, -0.2) is 0 Å². The first-order valence-electron chi connectivity index (χ1n) is 6.83. The SMILES string of the molecule is C[CH2][Ge]([CH2]C)[CH2]C.C[CH2][Ge]([CH2]C)[CH2]C(=O)OC. The van der Waals surface area contributed by atoms with E-state index in [0.717, 1.165) is 5.25 Å². The molecule has 0 aromatic heterocycles. The fraction of sp³-hybridized carbons (Fsp3) is 0.923. The second-order valence-electron chi connectivity index (χ2n) is 4.02. The molecule has 0 heterocycles. The standard InChI is InChI=1S/C7H15GeO2.C6H15Ge/c1-4-8(5-2)6-7(9)10-3;1-4-7(5-2)6-3/h4-6H2,1-3H3;4-6H2,1-3H3. The summed E-state index contributed by atoms with van der Waals surface area (Å²) in [6.45, 7) is 11.3. The summed E-state index contributed by atoms with van der Waals surface area (Å²) in [5.41, 5.74) is 0. The molecule has 4 heteroatoms. The first kappa shape index (κ1) is 19.9. The normalized spacial score (nSPS) is 10.1. The Hall–Kier alpha value is 0.556. The van der Waals surface area contributed by atoms with Crippen LogP contribution in [0.3, 0.4) is 0 Å². The fourth-order valence-corrected chi connectivity index (χ4v) is 7.93. The molecule has 17 heavy (non-hydrogen) atoms. The molecule has 0 aliphatic heterocycles. The number of rotatable bonds is 7. The van der Waals surface area contributed by atoms with Crippen LogP contribution < -0.4 is 0 Å². The van der Waals surface area contributed by atoms with Gasteiger partial charge in [-0.15, -0.1) is 0 Å². The molecule has 0 aromatic carbocycles. The number of methoxy groups -OCH3 is 1. The van der Waals surface area contributed by atoms with E-state index in [9.17, 15) is 4.79 Å². The molecule has 0 bridgehead atoms. The zero-order chi connectivity index (χ0) is 13.7. The van der Waals surface area contributed by atoms with Crippen LogP contribution in [0.1, 0.15) is 34.6 Å². The van der Waals surface area contributed by atoms with Crippen LogP contribution in [0.25, 0.3) is 0 Å². The van der Waals surface area contributed by atoms with Gasteiger partial charge in [0.15, 0.2) is 0 Å². The van der Waals surface area contributed by atoms with Crippen LogP contribution in [0, 0.1) is 0 Å². The number of ether oxygens (including phenoxy) is 1. The summed E-state index contributed by atoms with van der Waals surface area (Å²) in [4.78, 5) is 10.8. The molecule has 0 rings (SSSR count). The van der Waals surface area contributed by atoms with Crippen molar-refractivity contribution in [1.82, 2.24) is 0 Å². The van der Waals surface area contributed by atoms with Crippen molar-refractivity contribution < 1.29 is 9.53 Å². The Bertz CT molecular complexity index is 161. The van der Waals surface area contributed by atoms with E-state index >= 15 is 0 Å². The van der Waals surface area contributed by atoms with Gasteiger partial charge in [0, 0.05) is 0 Å². The molecule has 0 saturated heterocycles. The maximum atomic E-state index is 10.8. The summed E-state index contributed by atoms with van der Waals surface area (Å²) in [7, 11) is 1.46. The molecule has 0 fully saturated rings. The van der Waals surface area contributed by atoms with E-state index in [2.05, 4.69) is 39.4 Å². The molecule has 0 aliphatic rings. The van der Waals surface area contributed by atoms with E-state index < -0.39 is 28.7 Å². The Morgan fingerprint density at radius 2 is 1.18 bits per heavy atom. The first-order chi connectivity index (χ1) is 8.09. The first-order valence-corrected chi connectivity index (χ1v) is 15.7. The third-order valence-corrected chi connectivity index (χ3v) is 15.3. The van der Waals surface area contributed by atoms with Crippen LogP contribution >= 0.6 is 0 Å². The number of carbonyl (C=O) groups is 1. The molecule has 102 valence electrons. The molecule has 2 nitrogen and oxygen atoms in total. The van der Waals surface area contributed by atoms with E-state index in [4.69, 9.17) is 0 Å². The maximum absolute atomic E-state index is 10.8. The van der Waals surface area contributed by atoms with Crippen molar-refractivity contribution in [3.05, 3.63) is 0 Å². The van der Waals surface area contributed by atoms with Gasteiger partial charge in [0.2, 0.25) is 0 Å². The summed E-state index contributed by atoms with van der Waals surface area (Å²) < 4.78 is 4.59. The number of hydrogen-bond donors (Lipinski definition) is 0. The summed E-state index contributed by atoms with van der Waals surface area (Å²) in [6, 6.07) is 0. The van der Waals surface area contributed by atoms with Crippen molar-refractivity contribution in [2.24, 2.45) is 0 Å². The van der Waals surface area contributed by atoms with Crippen LogP contribution in [0.2, 0.25) is 31.5 Å². The van der Waals surface area contributed by atoms with E-state index in [1.807, 2.05) is 0 Å². The van der Waals surface area contributed by atoms with Crippen molar-refractivity contribution in [3.8, 4) is 0 Å². The monoisotopic (exact) mass is 366 g/mol. The Kier molecular flexibility index (Phi) is 17.1. The number of esters is 1. The van der Waals surface area contributed by atoms with E-state index in [1.54, 1.807) is 0 Å². The van der Waals surface area contributed by atoms with Gasteiger partial charge < -0.3 is 0 Å². The van der Waals surface area contributed by atoms with Crippen LogP contribution in [-0.4, -0.2) is 41.8 Å². The Morgan fingerprint density at radius 1 is 0.824 bits per heavy atom. The van der Waals surface area contributed by atoms with Crippen molar-refractivity contribution in [2.75, 3.05) is 7.11 Å². The second kappa shape index (κ2) is 14.6. The van der Waals surface area contributed by atoms with Crippen molar-refractivity contribution >= 4 is 34.7 Å². The molecule has 0 saturated carbocycles. The average Bonchev–Trinajstić information content (AvgIpc) is 2.38. The van der Waals surface area contributed by atoms with Crippen LogP contribution in [-0.2, 0) is 9.53 Å². The number of hydrogen-bond acceptors (Lipinski definition) is 2. The fourth-order valence-electron chi connectivity index (χ4n) is 1.53. The predicted octanol–water partition coefficient (Wildman–Crippen LogP) is 4.23. The van der Waals surface area contributed by atoms with Gasteiger partial charge in [0.25, 0.3) is 0 Å². The van der Waals surface area contributed by atoms with Crippen molar-refractivity contribution in [3.63, 3.8) is 0 Å². The van der Waals surface area contributed by atoms with Gasteiger partial charge in [-0.2, -0.15) is 0 Å².